The molecule has 3 N–H and O–H groups in total. The molecular formula is C11H15F2NO2. The van der Waals surface area contributed by atoms with Crippen molar-refractivity contribution in [1.29, 1.82) is 0 Å². The minimum Gasteiger partial charge on any atom is -0.504 e. The number of nitrogens with two attached hydrogens (primary N) is 1. The third-order valence-electron chi connectivity index (χ3n) is 2.33. The quantitative estimate of drug-likeness (QED) is 0.835. The number of aromatic hydroxyl groups is 1. The highest BCUT2D eigenvalue weighted by molar-refractivity contribution is 5.48. The monoisotopic (exact) mass is 231 g/mol. The van der Waals surface area contributed by atoms with Crippen LogP contribution in [-0.4, -0.2) is 18.1 Å². The van der Waals surface area contributed by atoms with E-state index in [0.717, 1.165) is 0 Å². The first-order chi connectivity index (χ1) is 7.41. The summed E-state index contributed by atoms with van der Waals surface area (Å²) in [5.41, 5.74) is 3.57. The van der Waals surface area contributed by atoms with Gasteiger partial charge in [-0.05, 0) is 19.9 Å². The summed E-state index contributed by atoms with van der Waals surface area (Å²) in [6, 6.07) is 4.39. The normalized spacial score (nSPS) is 14.9. The van der Waals surface area contributed by atoms with Crippen LogP contribution in [0.1, 0.15) is 19.4 Å². The van der Waals surface area contributed by atoms with Crippen molar-refractivity contribution >= 4 is 0 Å². The molecule has 3 nitrogen and oxygen atoms in total. The van der Waals surface area contributed by atoms with E-state index >= 15 is 0 Å². The Bertz CT molecular complexity index is 367. The van der Waals surface area contributed by atoms with Gasteiger partial charge in [-0.2, -0.15) is 0 Å². The number of hydrogen-bond acceptors (Lipinski definition) is 3. The van der Waals surface area contributed by atoms with E-state index < -0.39 is 12.0 Å². The summed E-state index contributed by atoms with van der Waals surface area (Å²) in [7, 11) is 0. The van der Waals surface area contributed by atoms with Gasteiger partial charge in [0.15, 0.2) is 11.5 Å². The van der Waals surface area contributed by atoms with Gasteiger partial charge in [-0.15, -0.1) is 0 Å². The minimum absolute atomic E-state index is 0.0200. The van der Waals surface area contributed by atoms with Crippen LogP contribution in [0.25, 0.3) is 0 Å². The summed E-state index contributed by atoms with van der Waals surface area (Å²) in [4.78, 5) is 0. The molecule has 0 radical (unpaired) electrons. The summed E-state index contributed by atoms with van der Waals surface area (Å²) in [5, 5.41) is 9.77. The SMILES string of the molecule is CCOc1cccc(C(C)(N)C(F)F)c1O. The molecule has 0 bridgehead atoms. The van der Waals surface area contributed by atoms with Crippen molar-refractivity contribution in [2.24, 2.45) is 5.73 Å². The molecule has 90 valence electrons. The molecule has 5 heteroatoms. The van der Waals surface area contributed by atoms with Gasteiger partial charge in [0.1, 0.15) is 5.54 Å². The van der Waals surface area contributed by atoms with Crippen LogP contribution in [0.15, 0.2) is 18.2 Å². The summed E-state index contributed by atoms with van der Waals surface area (Å²) >= 11 is 0. The van der Waals surface area contributed by atoms with E-state index in [1.807, 2.05) is 0 Å². The van der Waals surface area contributed by atoms with Crippen molar-refractivity contribution in [1.82, 2.24) is 0 Å². The first-order valence-electron chi connectivity index (χ1n) is 4.93. The second-order valence-corrected chi connectivity index (χ2v) is 3.67. The number of rotatable bonds is 4. The fraction of sp³-hybridized carbons (Fsp3) is 0.455. The van der Waals surface area contributed by atoms with Crippen LogP contribution >= 0.6 is 0 Å². The summed E-state index contributed by atoms with van der Waals surface area (Å²) in [6.07, 6.45) is -2.77. The lowest BCUT2D eigenvalue weighted by molar-refractivity contribution is 0.0608. The highest BCUT2D eigenvalue weighted by Gasteiger charge is 2.35. The highest BCUT2D eigenvalue weighted by atomic mass is 19.3. The molecule has 1 atom stereocenters. The third kappa shape index (κ3) is 2.24. The molecule has 0 aliphatic carbocycles. The van der Waals surface area contributed by atoms with Crippen LogP contribution in [0, 0.1) is 0 Å². The molecule has 1 rings (SSSR count). The Balaban J connectivity index is 3.20. The fourth-order valence-electron chi connectivity index (χ4n) is 1.35. The Morgan fingerprint density at radius 3 is 2.62 bits per heavy atom. The van der Waals surface area contributed by atoms with Crippen LogP contribution < -0.4 is 10.5 Å². The number of benzene rings is 1. The first-order valence-corrected chi connectivity index (χ1v) is 4.93. The molecule has 1 aromatic rings. The smallest absolute Gasteiger partial charge is 0.260 e. The van der Waals surface area contributed by atoms with Crippen LogP contribution in [0.2, 0.25) is 0 Å². The van der Waals surface area contributed by atoms with E-state index in [-0.39, 0.29) is 17.1 Å². The van der Waals surface area contributed by atoms with Gasteiger partial charge in [0.25, 0.3) is 6.43 Å². The molecule has 1 unspecified atom stereocenters. The average Bonchev–Trinajstić information content (AvgIpc) is 2.21. The van der Waals surface area contributed by atoms with Gasteiger partial charge in [0.05, 0.1) is 6.61 Å². The van der Waals surface area contributed by atoms with Gasteiger partial charge in [-0.25, -0.2) is 8.78 Å². The van der Waals surface area contributed by atoms with Crippen LogP contribution in [-0.2, 0) is 5.54 Å². The van der Waals surface area contributed by atoms with Crippen molar-refractivity contribution < 1.29 is 18.6 Å². The molecule has 0 saturated carbocycles. The molecule has 0 amide bonds. The molecule has 0 aliphatic heterocycles. The van der Waals surface area contributed by atoms with Crippen LogP contribution in [0.4, 0.5) is 8.78 Å². The topological polar surface area (TPSA) is 55.5 Å². The van der Waals surface area contributed by atoms with Gasteiger partial charge in [0.2, 0.25) is 0 Å². The highest BCUT2D eigenvalue weighted by Crippen LogP contribution is 2.37. The number of phenols is 1. The lowest BCUT2D eigenvalue weighted by atomic mass is 9.92. The average molecular weight is 231 g/mol. The Hall–Kier alpha value is -1.36. The van der Waals surface area contributed by atoms with Gasteiger partial charge in [0, 0.05) is 5.56 Å². The van der Waals surface area contributed by atoms with Crippen molar-refractivity contribution in [2.75, 3.05) is 6.61 Å². The Morgan fingerprint density at radius 1 is 1.50 bits per heavy atom. The number of para-hydroxylation sites is 1. The zero-order valence-corrected chi connectivity index (χ0v) is 9.21. The zero-order valence-electron chi connectivity index (χ0n) is 9.21. The second kappa shape index (κ2) is 4.65. The summed E-state index contributed by atoms with van der Waals surface area (Å²) < 4.78 is 30.5. The standard InChI is InChI=1S/C11H15F2NO2/c1-3-16-8-6-4-5-7(9(8)15)11(2,14)10(12)13/h4-6,10,15H,3,14H2,1-2H3. The van der Waals surface area contributed by atoms with E-state index in [2.05, 4.69) is 0 Å². The second-order valence-electron chi connectivity index (χ2n) is 3.67. The molecule has 16 heavy (non-hydrogen) atoms. The van der Waals surface area contributed by atoms with E-state index in [4.69, 9.17) is 10.5 Å². The summed E-state index contributed by atoms with van der Waals surface area (Å²) in [5.74, 6) is -0.160. The molecule has 0 heterocycles. The van der Waals surface area contributed by atoms with Gasteiger partial charge < -0.3 is 15.6 Å². The van der Waals surface area contributed by atoms with Crippen molar-refractivity contribution in [3.05, 3.63) is 23.8 Å². The Labute approximate surface area is 92.8 Å². The van der Waals surface area contributed by atoms with Crippen LogP contribution in [0.3, 0.4) is 0 Å². The predicted molar refractivity (Wildman–Crippen MR) is 56.8 cm³/mol. The predicted octanol–water partition coefficient (Wildman–Crippen LogP) is 2.23. The zero-order chi connectivity index (χ0) is 12.3. The maximum absolute atomic E-state index is 12.7. The summed E-state index contributed by atoms with van der Waals surface area (Å²) in [6.45, 7) is 3.25. The lowest BCUT2D eigenvalue weighted by Crippen LogP contribution is -2.40. The van der Waals surface area contributed by atoms with Crippen molar-refractivity contribution in [3.63, 3.8) is 0 Å². The molecular weight excluding hydrogens is 216 g/mol. The van der Waals surface area contributed by atoms with Gasteiger partial charge >= 0.3 is 0 Å². The Kier molecular flexibility index (Phi) is 3.70. The fourth-order valence-corrected chi connectivity index (χ4v) is 1.35. The number of halogens is 2. The number of phenolic OH excluding ortho intramolecular Hbond substituents is 1. The third-order valence-corrected chi connectivity index (χ3v) is 2.33. The van der Waals surface area contributed by atoms with Crippen molar-refractivity contribution in [3.8, 4) is 11.5 Å². The minimum atomic E-state index is -2.77. The van der Waals surface area contributed by atoms with Crippen molar-refractivity contribution in [2.45, 2.75) is 25.8 Å². The molecule has 1 aromatic carbocycles. The maximum atomic E-state index is 12.7. The van der Waals surface area contributed by atoms with Gasteiger partial charge in [-0.3, -0.25) is 0 Å². The molecule has 0 fully saturated rings. The molecule has 0 spiro atoms. The first kappa shape index (κ1) is 12.7. The number of alkyl halides is 2. The molecule has 0 aromatic heterocycles. The largest absolute Gasteiger partial charge is 0.504 e. The number of hydrogen-bond donors (Lipinski definition) is 2. The molecule has 0 saturated heterocycles. The molecule has 0 aliphatic rings. The van der Waals surface area contributed by atoms with Crippen LogP contribution in [0.5, 0.6) is 11.5 Å². The van der Waals surface area contributed by atoms with E-state index in [1.165, 1.54) is 25.1 Å². The van der Waals surface area contributed by atoms with E-state index in [0.29, 0.717) is 6.61 Å². The lowest BCUT2D eigenvalue weighted by Gasteiger charge is -2.25. The maximum Gasteiger partial charge on any atom is 0.260 e. The van der Waals surface area contributed by atoms with E-state index in [1.54, 1.807) is 6.92 Å². The Morgan fingerprint density at radius 2 is 2.12 bits per heavy atom. The van der Waals surface area contributed by atoms with Gasteiger partial charge in [-0.1, -0.05) is 12.1 Å². The number of ether oxygens (including phenoxy) is 1. The van der Waals surface area contributed by atoms with E-state index in [9.17, 15) is 13.9 Å².